The number of anilines is 1. The van der Waals surface area contributed by atoms with Crippen molar-refractivity contribution in [2.24, 2.45) is 5.92 Å². The van der Waals surface area contributed by atoms with Gasteiger partial charge in [-0.2, -0.15) is 5.10 Å². The van der Waals surface area contributed by atoms with Gasteiger partial charge in [-0.25, -0.2) is 4.79 Å². The zero-order chi connectivity index (χ0) is 19.7. The topological polar surface area (TPSA) is 94.7 Å². The minimum atomic E-state index is -0.543. The number of nitrogens with one attached hydrogen (secondary N) is 2. The number of nitrogens with zero attached hydrogens (tertiary/aromatic N) is 3. The molecule has 2 N–H and O–H groups in total. The Bertz CT molecular complexity index is 1110. The minimum absolute atomic E-state index is 0.297. The third-order valence-corrected chi connectivity index (χ3v) is 5.36. The van der Waals surface area contributed by atoms with Gasteiger partial charge in [-0.3, -0.25) is 9.78 Å². The molecular weight excluding hydrogens is 378 g/mol. The van der Waals surface area contributed by atoms with Crippen molar-refractivity contribution in [3.63, 3.8) is 0 Å². The van der Waals surface area contributed by atoms with Gasteiger partial charge in [0.1, 0.15) is 5.69 Å². The van der Waals surface area contributed by atoms with Crippen LogP contribution in [-0.4, -0.2) is 33.3 Å². The molecule has 1 saturated heterocycles. The van der Waals surface area contributed by atoms with Crippen molar-refractivity contribution in [1.29, 1.82) is 0 Å². The van der Waals surface area contributed by atoms with Gasteiger partial charge in [0, 0.05) is 24.3 Å². The van der Waals surface area contributed by atoms with E-state index in [0.29, 0.717) is 17.2 Å². The summed E-state index contributed by atoms with van der Waals surface area (Å²) in [7, 11) is 0. The predicted molar refractivity (Wildman–Crippen MR) is 109 cm³/mol. The smallest absolute Gasteiger partial charge is 0.325 e. The van der Waals surface area contributed by atoms with Gasteiger partial charge in [-0.05, 0) is 49.4 Å². The Labute approximate surface area is 166 Å². The molecule has 0 spiro atoms. The standard InChI is InChI=1S/C20H20ClN5O2/c1-12-18(9-17(25-24-12)16-10-22-20(28)23-19(16)27)26-7-6-14(11-26)8-13-2-4-15(21)5-3-13/h2-5,9-10,14H,6-8,11H2,1H3,(H2,22,23,27,28). The van der Waals surface area contributed by atoms with E-state index in [4.69, 9.17) is 11.6 Å². The molecule has 3 aromatic rings. The molecule has 0 aliphatic carbocycles. The molecular formula is C20H20ClN5O2. The number of rotatable bonds is 4. The maximum Gasteiger partial charge on any atom is 0.325 e. The number of aryl methyl sites for hydroxylation is 1. The number of halogens is 1. The van der Waals surface area contributed by atoms with Crippen molar-refractivity contribution < 1.29 is 0 Å². The summed E-state index contributed by atoms with van der Waals surface area (Å²) in [6.45, 7) is 3.75. The fourth-order valence-electron chi connectivity index (χ4n) is 3.67. The van der Waals surface area contributed by atoms with Gasteiger partial charge >= 0.3 is 5.69 Å². The molecule has 0 radical (unpaired) electrons. The Morgan fingerprint density at radius 2 is 2.00 bits per heavy atom. The largest absolute Gasteiger partial charge is 0.370 e. The van der Waals surface area contributed by atoms with E-state index in [0.717, 1.165) is 42.3 Å². The molecule has 3 heterocycles. The monoisotopic (exact) mass is 397 g/mol. The first-order chi connectivity index (χ1) is 13.5. The van der Waals surface area contributed by atoms with Crippen LogP contribution < -0.4 is 16.1 Å². The third-order valence-electron chi connectivity index (χ3n) is 5.11. The third kappa shape index (κ3) is 3.84. The Morgan fingerprint density at radius 1 is 1.21 bits per heavy atom. The molecule has 8 heteroatoms. The maximum atomic E-state index is 12.1. The highest BCUT2D eigenvalue weighted by molar-refractivity contribution is 6.30. The zero-order valence-corrected chi connectivity index (χ0v) is 16.2. The van der Waals surface area contributed by atoms with Gasteiger partial charge in [0.15, 0.2) is 0 Å². The van der Waals surface area contributed by atoms with E-state index in [1.165, 1.54) is 11.8 Å². The SMILES string of the molecule is Cc1nnc(-c2c[nH]c(=O)[nH]c2=O)cc1N1CCC(Cc2ccc(Cl)cc2)C1. The van der Waals surface area contributed by atoms with Crippen LogP contribution in [0, 0.1) is 12.8 Å². The summed E-state index contributed by atoms with van der Waals surface area (Å²) in [6.07, 6.45) is 3.45. The van der Waals surface area contributed by atoms with Gasteiger partial charge < -0.3 is 9.88 Å². The first kappa shape index (κ1) is 18.4. The summed E-state index contributed by atoms with van der Waals surface area (Å²) in [5.41, 5.74) is 2.78. The molecule has 0 saturated carbocycles. The molecule has 2 aromatic heterocycles. The molecule has 1 aromatic carbocycles. The molecule has 144 valence electrons. The lowest BCUT2D eigenvalue weighted by molar-refractivity contribution is 0.586. The maximum absolute atomic E-state index is 12.1. The molecule has 0 amide bonds. The van der Waals surface area contributed by atoms with Crippen LogP contribution in [0.25, 0.3) is 11.3 Å². The normalized spacial score (nSPS) is 16.5. The first-order valence-electron chi connectivity index (χ1n) is 9.15. The average Bonchev–Trinajstić information content (AvgIpc) is 3.13. The Balaban J connectivity index is 1.55. The van der Waals surface area contributed by atoms with E-state index in [1.807, 2.05) is 25.1 Å². The number of benzene rings is 1. The van der Waals surface area contributed by atoms with Crippen molar-refractivity contribution in [3.8, 4) is 11.3 Å². The fraction of sp³-hybridized carbons (Fsp3) is 0.300. The van der Waals surface area contributed by atoms with Crippen LogP contribution in [0.3, 0.4) is 0 Å². The highest BCUT2D eigenvalue weighted by Gasteiger charge is 2.25. The van der Waals surface area contributed by atoms with Crippen molar-refractivity contribution in [1.82, 2.24) is 20.2 Å². The van der Waals surface area contributed by atoms with Gasteiger partial charge in [0.05, 0.1) is 16.9 Å². The lowest BCUT2D eigenvalue weighted by Crippen LogP contribution is -2.24. The van der Waals surface area contributed by atoms with E-state index >= 15 is 0 Å². The van der Waals surface area contributed by atoms with Crippen molar-refractivity contribution in [3.05, 3.63) is 73.6 Å². The van der Waals surface area contributed by atoms with Crippen LogP contribution in [0.15, 0.2) is 46.1 Å². The van der Waals surface area contributed by atoms with Crippen LogP contribution in [0.4, 0.5) is 5.69 Å². The van der Waals surface area contributed by atoms with Gasteiger partial charge in [-0.1, -0.05) is 23.7 Å². The summed E-state index contributed by atoms with van der Waals surface area (Å²) in [6, 6.07) is 9.87. The molecule has 1 atom stereocenters. The molecule has 1 aliphatic rings. The van der Waals surface area contributed by atoms with Crippen molar-refractivity contribution in [2.45, 2.75) is 19.8 Å². The predicted octanol–water partition coefficient (Wildman–Crippen LogP) is 2.55. The van der Waals surface area contributed by atoms with Crippen LogP contribution >= 0.6 is 11.6 Å². The van der Waals surface area contributed by atoms with E-state index in [1.54, 1.807) is 0 Å². The minimum Gasteiger partial charge on any atom is -0.370 e. The zero-order valence-electron chi connectivity index (χ0n) is 15.4. The summed E-state index contributed by atoms with van der Waals surface area (Å²) in [5.74, 6) is 0.536. The Kier molecular flexibility index (Phi) is 5.00. The lowest BCUT2D eigenvalue weighted by Gasteiger charge is -2.20. The second-order valence-electron chi connectivity index (χ2n) is 7.12. The average molecular weight is 398 g/mol. The second kappa shape index (κ2) is 7.59. The number of H-pyrrole nitrogens is 2. The van der Waals surface area contributed by atoms with Gasteiger partial charge in [0.25, 0.3) is 5.56 Å². The Morgan fingerprint density at radius 3 is 2.75 bits per heavy atom. The van der Waals surface area contributed by atoms with Crippen LogP contribution in [0.5, 0.6) is 0 Å². The molecule has 28 heavy (non-hydrogen) atoms. The second-order valence-corrected chi connectivity index (χ2v) is 7.55. The molecule has 1 fully saturated rings. The summed E-state index contributed by atoms with van der Waals surface area (Å²) in [5, 5.41) is 9.12. The molecule has 1 aliphatic heterocycles. The first-order valence-corrected chi connectivity index (χ1v) is 9.53. The summed E-state index contributed by atoms with van der Waals surface area (Å²) >= 11 is 5.97. The van der Waals surface area contributed by atoms with E-state index in [9.17, 15) is 9.59 Å². The number of aromatic amines is 2. The molecule has 1 unspecified atom stereocenters. The number of aromatic nitrogens is 4. The highest BCUT2D eigenvalue weighted by atomic mass is 35.5. The van der Waals surface area contributed by atoms with E-state index in [-0.39, 0.29) is 0 Å². The molecule has 0 bridgehead atoms. The van der Waals surface area contributed by atoms with Crippen molar-refractivity contribution >= 4 is 17.3 Å². The van der Waals surface area contributed by atoms with Crippen molar-refractivity contribution in [2.75, 3.05) is 18.0 Å². The van der Waals surface area contributed by atoms with Gasteiger partial charge in [-0.15, -0.1) is 5.10 Å². The highest BCUT2D eigenvalue weighted by Crippen LogP contribution is 2.29. The van der Waals surface area contributed by atoms with Crippen LogP contribution in [0.1, 0.15) is 17.7 Å². The number of hydrogen-bond donors (Lipinski definition) is 2. The van der Waals surface area contributed by atoms with Gasteiger partial charge in [0.2, 0.25) is 0 Å². The molecule has 7 nitrogen and oxygen atoms in total. The van der Waals surface area contributed by atoms with E-state index in [2.05, 4.69) is 37.2 Å². The summed E-state index contributed by atoms with van der Waals surface area (Å²) in [4.78, 5) is 30.3. The van der Waals surface area contributed by atoms with Crippen LogP contribution in [-0.2, 0) is 6.42 Å². The number of hydrogen-bond acceptors (Lipinski definition) is 5. The quantitative estimate of drug-likeness (QED) is 0.705. The van der Waals surface area contributed by atoms with E-state index < -0.39 is 11.2 Å². The fourth-order valence-corrected chi connectivity index (χ4v) is 3.79. The molecule has 4 rings (SSSR count). The Hall–Kier alpha value is -2.93. The lowest BCUT2D eigenvalue weighted by atomic mass is 9.99. The summed E-state index contributed by atoms with van der Waals surface area (Å²) < 4.78 is 0. The van der Waals surface area contributed by atoms with Crippen LogP contribution in [0.2, 0.25) is 5.02 Å².